The Hall–Kier alpha value is 0.210. The lowest BCUT2D eigenvalue weighted by Gasteiger charge is -2.37. The molecule has 0 amide bonds. The maximum atomic E-state index is 5.69. The molecule has 1 N–H and O–H groups in total. The van der Waals surface area contributed by atoms with Gasteiger partial charge in [0.25, 0.3) is 0 Å². The molecular weight excluding hydrogens is 186 g/mol. The third-order valence-electron chi connectivity index (χ3n) is 3.43. The summed E-state index contributed by atoms with van der Waals surface area (Å²) in [4.78, 5) is 0. The van der Waals surface area contributed by atoms with Crippen molar-refractivity contribution in [2.45, 2.75) is 38.7 Å². The van der Waals surface area contributed by atoms with E-state index in [0.717, 1.165) is 6.61 Å². The van der Waals surface area contributed by atoms with E-state index in [1.54, 1.807) is 0 Å². The van der Waals surface area contributed by atoms with Gasteiger partial charge in [-0.05, 0) is 37.6 Å². The smallest absolute Gasteiger partial charge is 0.0578 e. The summed E-state index contributed by atoms with van der Waals surface area (Å²) in [5.74, 6) is 0. The first kappa shape index (κ1) is 11.3. The van der Waals surface area contributed by atoms with Crippen LogP contribution >= 0.6 is 12.4 Å². The van der Waals surface area contributed by atoms with Crippen LogP contribution in [0.3, 0.4) is 0 Å². The van der Waals surface area contributed by atoms with Gasteiger partial charge in [-0.2, -0.15) is 0 Å². The molecule has 2 unspecified atom stereocenters. The lowest BCUT2D eigenvalue weighted by Crippen LogP contribution is -2.36. The van der Waals surface area contributed by atoms with E-state index in [9.17, 15) is 0 Å². The van der Waals surface area contributed by atoms with Crippen molar-refractivity contribution < 1.29 is 4.74 Å². The molecule has 2 nitrogen and oxygen atoms in total. The van der Waals surface area contributed by atoms with Crippen LogP contribution in [0.15, 0.2) is 0 Å². The zero-order valence-electron chi connectivity index (χ0n) is 8.34. The fourth-order valence-corrected chi connectivity index (χ4v) is 2.53. The summed E-state index contributed by atoms with van der Waals surface area (Å²) in [5.41, 5.74) is 0.610. The molecule has 0 aromatic rings. The van der Waals surface area contributed by atoms with E-state index in [1.807, 2.05) is 0 Å². The number of hydrogen-bond acceptors (Lipinski definition) is 2. The van der Waals surface area contributed by atoms with E-state index in [4.69, 9.17) is 4.74 Å². The highest BCUT2D eigenvalue weighted by Gasteiger charge is 2.38. The molecule has 2 aliphatic rings. The molecule has 0 radical (unpaired) electrons. The second kappa shape index (κ2) is 4.63. The molecule has 13 heavy (non-hydrogen) atoms. The molecular formula is C10H20ClNO. The standard InChI is InChI=1S/C10H19NO.ClH/c1-2-9-7-10(4-6-12-9)3-5-11-8-10;/h9,11H,2-8H2,1H3;1H. The molecule has 2 saturated heterocycles. The number of nitrogens with one attached hydrogen (secondary N) is 1. The minimum Gasteiger partial charge on any atom is -0.378 e. The van der Waals surface area contributed by atoms with Crippen molar-refractivity contribution in [2.24, 2.45) is 5.41 Å². The van der Waals surface area contributed by atoms with Gasteiger partial charge in [-0.1, -0.05) is 6.92 Å². The zero-order chi connectivity index (χ0) is 8.44. The predicted molar refractivity (Wildman–Crippen MR) is 56.4 cm³/mol. The Morgan fingerprint density at radius 1 is 1.46 bits per heavy atom. The maximum Gasteiger partial charge on any atom is 0.0578 e. The SMILES string of the molecule is CCC1CC2(CCNC2)CCO1.Cl. The van der Waals surface area contributed by atoms with Crippen LogP contribution in [0.5, 0.6) is 0 Å². The molecule has 0 aromatic heterocycles. The Kier molecular flexibility index (Phi) is 4.02. The fourth-order valence-electron chi connectivity index (χ4n) is 2.53. The van der Waals surface area contributed by atoms with Gasteiger partial charge in [0, 0.05) is 13.2 Å². The third-order valence-corrected chi connectivity index (χ3v) is 3.43. The van der Waals surface area contributed by atoms with Crippen LogP contribution in [-0.4, -0.2) is 25.8 Å². The van der Waals surface area contributed by atoms with Crippen LogP contribution in [0.1, 0.15) is 32.6 Å². The van der Waals surface area contributed by atoms with Gasteiger partial charge in [-0.25, -0.2) is 0 Å². The summed E-state index contributed by atoms with van der Waals surface area (Å²) < 4.78 is 5.69. The highest BCUT2D eigenvalue weighted by molar-refractivity contribution is 5.85. The predicted octanol–water partition coefficient (Wildman–Crippen LogP) is 1.98. The third kappa shape index (κ3) is 2.36. The summed E-state index contributed by atoms with van der Waals surface area (Å²) in [7, 11) is 0. The molecule has 2 atom stereocenters. The van der Waals surface area contributed by atoms with Crippen molar-refractivity contribution in [3.63, 3.8) is 0 Å². The Bertz CT molecular complexity index is 157. The summed E-state index contributed by atoms with van der Waals surface area (Å²) in [6.45, 7) is 5.66. The summed E-state index contributed by atoms with van der Waals surface area (Å²) in [5, 5.41) is 3.47. The molecule has 1 spiro atoms. The van der Waals surface area contributed by atoms with Gasteiger partial charge in [0.05, 0.1) is 6.10 Å². The summed E-state index contributed by atoms with van der Waals surface area (Å²) in [6, 6.07) is 0. The first-order valence-electron chi connectivity index (χ1n) is 5.17. The normalized spacial score (nSPS) is 39.0. The lowest BCUT2D eigenvalue weighted by molar-refractivity contribution is -0.0427. The molecule has 3 heteroatoms. The minimum absolute atomic E-state index is 0. The topological polar surface area (TPSA) is 21.3 Å². The summed E-state index contributed by atoms with van der Waals surface area (Å²) >= 11 is 0. The van der Waals surface area contributed by atoms with E-state index < -0.39 is 0 Å². The first-order valence-corrected chi connectivity index (χ1v) is 5.17. The second-order valence-corrected chi connectivity index (χ2v) is 4.28. The van der Waals surface area contributed by atoms with Gasteiger partial charge < -0.3 is 10.1 Å². The number of halogens is 1. The first-order chi connectivity index (χ1) is 5.85. The van der Waals surface area contributed by atoms with Gasteiger partial charge in [-0.3, -0.25) is 0 Å². The molecule has 0 aliphatic carbocycles. The van der Waals surface area contributed by atoms with Crippen LogP contribution < -0.4 is 5.32 Å². The van der Waals surface area contributed by atoms with Gasteiger partial charge in [0.2, 0.25) is 0 Å². The summed E-state index contributed by atoms with van der Waals surface area (Å²) in [6.07, 6.45) is 5.65. The van der Waals surface area contributed by atoms with E-state index in [1.165, 1.54) is 38.8 Å². The van der Waals surface area contributed by atoms with E-state index >= 15 is 0 Å². The molecule has 2 heterocycles. The Morgan fingerprint density at radius 2 is 2.31 bits per heavy atom. The lowest BCUT2D eigenvalue weighted by atomic mass is 9.77. The monoisotopic (exact) mass is 205 g/mol. The Morgan fingerprint density at radius 3 is 2.92 bits per heavy atom. The highest BCUT2D eigenvalue weighted by Crippen LogP contribution is 2.39. The molecule has 0 saturated carbocycles. The van der Waals surface area contributed by atoms with Crippen molar-refractivity contribution in [1.82, 2.24) is 5.32 Å². The average Bonchev–Trinajstić information content (AvgIpc) is 2.53. The van der Waals surface area contributed by atoms with Crippen molar-refractivity contribution >= 4 is 12.4 Å². The van der Waals surface area contributed by atoms with Crippen LogP contribution in [0.4, 0.5) is 0 Å². The van der Waals surface area contributed by atoms with Crippen LogP contribution in [0.2, 0.25) is 0 Å². The molecule has 2 rings (SSSR count). The van der Waals surface area contributed by atoms with E-state index in [-0.39, 0.29) is 12.4 Å². The van der Waals surface area contributed by atoms with Crippen LogP contribution in [0.25, 0.3) is 0 Å². The maximum absolute atomic E-state index is 5.69. The Labute approximate surface area is 86.8 Å². The highest BCUT2D eigenvalue weighted by atomic mass is 35.5. The van der Waals surface area contributed by atoms with Gasteiger partial charge in [0.15, 0.2) is 0 Å². The number of rotatable bonds is 1. The van der Waals surface area contributed by atoms with Gasteiger partial charge >= 0.3 is 0 Å². The molecule has 2 fully saturated rings. The van der Waals surface area contributed by atoms with Crippen molar-refractivity contribution in [3.05, 3.63) is 0 Å². The van der Waals surface area contributed by atoms with Crippen LogP contribution in [-0.2, 0) is 4.74 Å². The van der Waals surface area contributed by atoms with Gasteiger partial charge in [0.1, 0.15) is 0 Å². The largest absolute Gasteiger partial charge is 0.378 e. The molecule has 0 bridgehead atoms. The van der Waals surface area contributed by atoms with Crippen molar-refractivity contribution in [3.8, 4) is 0 Å². The van der Waals surface area contributed by atoms with Gasteiger partial charge in [-0.15, -0.1) is 12.4 Å². The van der Waals surface area contributed by atoms with E-state index in [2.05, 4.69) is 12.2 Å². The zero-order valence-corrected chi connectivity index (χ0v) is 9.16. The Balaban J connectivity index is 0.000000845. The second-order valence-electron chi connectivity index (χ2n) is 4.28. The number of hydrogen-bond donors (Lipinski definition) is 1. The average molecular weight is 206 g/mol. The fraction of sp³-hybridized carbons (Fsp3) is 1.00. The molecule has 0 aromatic carbocycles. The van der Waals surface area contributed by atoms with Crippen LogP contribution in [0, 0.1) is 5.41 Å². The quantitative estimate of drug-likeness (QED) is 0.707. The molecule has 2 aliphatic heterocycles. The molecule has 78 valence electrons. The van der Waals surface area contributed by atoms with Crippen molar-refractivity contribution in [1.29, 1.82) is 0 Å². The minimum atomic E-state index is 0. The van der Waals surface area contributed by atoms with Crippen molar-refractivity contribution in [2.75, 3.05) is 19.7 Å². The number of ether oxygens (including phenoxy) is 1. The van der Waals surface area contributed by atoms with E-state index in [0.29, 0.717) is 11.5 Å².